The molecule has 2 aliphatic heterocycles. The molecule has 1 saturated carbocycles. The van der Waals surface area contributed by atoms with Gasteiger partial charge >= 0.3 is 0 Å². The fourth-order valence-corrected chi connectivity index (χ4v) is 5.35. The van der Waals surface area contributed by atoms with Crippen molar-refractivity contribution in [2.45, 2.75) is 96.9 Å². The summed E-state index contributed by atoms with van der Waals surface area (Å²) >= 11 is 0. The molecule has 0 spiro atoms. The minimum Gasteiger partial charge on any atom is -0.384 e. The van der Waals surface area contributed by atoms with Gasteiger partial charge in [-0.15, -0.1) is 0 Å². The van der Waals surface area contributed by atoms with Crippen molar-refractivity contribution in [1.82, 2.24) is 0 Å². The highest BCUT2D eigenvalue weighted by Gasteiger charge is 2.48. The average Bonchev–Trinajstić information content (AvgIpc) is 3.20. The van der Waals surface area contributed by atoms with Gasteiger partial charge in [0, 0.05) is 26.7 Å². The molecular weight excluding hydrogens is 368 g/mol. The molecule has 5 heteroatoms. The van der Waals surface area contributed by atoms with Gasteiger partial charge in [-0.2, -0.15) is 0 Å². The van der Waals surface area contributed by atoms with Crippen molar-refractivity contribution in [2.24, 2.45) is 23.2 Å². The number of hydrogen-bond donors (Lipinski definition) is 1. The van der Waals surface area contributed by atoms with E-state index in [9.17, 15) is 5.11 Å². The lowest BCUT2D eigenvalue weighted by molar-refractivity contribution is -0.197. The van der Waals surface area contributed by atoms with Crippen LogP contribution in [0.3, 0.4) is 0 Å². The van der Waals surface area contributed by atoms with Gasteiger partial charge in [0.2, 0.25) is 0 Å². The Balaban J connectivity index is 1.74. The second-order valence-corrected chi connectivity index (χ2v) is 9.89. The molecule has 0 radical (unpaired) electrons. The van der Waals surface area contributed by atoms with E-state index in [2.05, 4.69) is 32.9 Å². The maximum absolute atomic E-state index is 9.97. The Morgan fingerprint density at radius 2 is 2.07 bits per heavy atom. The summed E-state index contributed by atoms with van der Waals surface area (Å²) in [5.41, 5.74) is 0.0494. The lowest BCUT2D eigenvalue weighted by Crippen LogP contribution is -2.36. The zero-order chi connectivity index (χ0) is 20.9. The van der Waals surface area contributed by atoms with E-state index in [1.54, 1.807) is 7.11 Å². The standard InChI is InChI=1S/C24H42O5/c1-5-6-12-24(2,3)21(29-23-9-7-8-13-27-23)11-10-18-17(16-26-4)14-20-19(18)15-22(25)28-20/h10-11,17-23,25H,5-9,12-16H2,1-4H3/b11-10+. The molecule has 0 bridgehead atoms. The van der Waals surface area contributed by atoms with Crippen LogP contribution in [-0.4, -0.2) is 50.2 Å². The Morgan fingerprint density at radius 1 is 1.24 bits per heavy atom. The quantitative estimate of drug-likeness (QED) is 0.530. The lowest BCUT2D eigenvalue weighted by atomic mass is 9.79. The van der Waals surface area contributed by atoms with E-state index in [1.165, 1.54) is 19.3 Å². The predicted octanol–water partition coefficient (Wildman–Crippen LogP) is 4.68. The molecule has 0 aromatic heterocycles. The van der Waals surface area contributed by atoms with Crippen molar-refractivity contribution in [3.8, 4) is 0 Å². The highest BCUT2D eigenvalue weighted by molar-refractivity contribution is 5.08. The monoisotopic (exact) mass is 410 g/mol. The van der Waals surface area contributed by atoms with Crippen LogP contribution < -0.4 is 0 Å². The molecule has 29 heavy (non-hydrogen) atoms. The van der Waals surface area contributed by atoms with Crippen molar-refractivity contribution in [2.75, 3.05) is 20.3 Å². The second kappa shape index (κ2) is 10.7. The fraction of sp³-hybridized carbons (Fsp3) is 0.917. The van der Waals surface area contributed by atoms with Crippen LogP contribution in [0.4, 0.5) is 0 Å². The van der Waals surface area contributed by atoms with Crippen LogP contribution in [-0.2, 0) is 18.9 Å². The Hall–Kier alpha value is -0.460. The molecule has 2 saturated heterocycles. The molecule has 7 atom stereocenters. The smallest absolute Gasteiger partial charge is 0.158 e. The number of fused-ring (bicyclic) bond motifs is 1. The van der Waals surface area contributed by atoms with Gasteiger partial charge in [0.15, 0.2) is 12.6 Å². The first-order valence-electron chi connectivity index (χ1n) is 11.7. The minimum absolute atomic E-state index is 0.0200. The van der Waals surface area contributed by atoms with Crippen LogP contribution >= 0.6 is 0 Å². The van der Waals surface area contributed by atoms with Crippen LogP contribution in [0.25, 0.3) is 0 Å². The molecule has 3 fully saturated rings. The molecule has 3 rings (SSSR count). The number of rotatable bonds is 10. The number of allylic oxidation sites excluding steroid dienone is 1. The van der Waals surface area contributed by atoms with Crippen molar-refractivity contribution in [1.29, 1.82) is 0 Å². The Kier molecular flexibility index (Phi) is 8.58. The van der Waals surface area contributed by atoms with Gasteiger partial charge in [-0.3, -0.25) is 0 Å². The third-order valence-corrected chi connectivity index (χ3v) is 7.13. The molecule has 0 aromatic rings. The summed E-state index contributed by atoms with van der Waals surface area (Å²) in [5, 5.41) is 9.97. The Labute approximate surface area is 177 Å². The van der Waals surface area contributed by atoms with E-state index in [-0.39, 0.29) is 23.9 Å². The summed E-state index contributed by atoms with van der Waals surface area (Å²) in [6, 6.07) is 0. The summed E-state index contributed by atoms with van der Waals surface area (Å²) < 4.78 is 23.7. The SMILES string of the molecule is CCCCC(C)(C)C(/C=C/C1C(COC)CC2OC(O)CC21)OC1CCCCO1. The molecule has 2 heterocycles. The van der Waals surface area contributed by atoms with Crippen molar-refractivity contribution in [3.63, 3.8) is 0 Å². The second-order valence-electron chi connectivity index (χ2n) is 9.89. The predicted molar refractivity (Wildman–Crippen MR) is 113 cm³/mol. The summed E-state index contributed by atoms with van der Waals surface area (Å²) in [6.45, 7) is 8.40. The van der Waals surface area contributed by atoms with E-state index in [4.69, 9.17) is 18.9 Å². The van der Waals surface area contributed by atoms with Gasteiger partial charge < -0.3 is 24.1 Å². The number of methoxy groups -OCH3 is 1. The first kappa shape index (κ1) is 23.2. The maximum atomic E-state index is 9.97. The summed E-state index contributed by atoms with van der Waals surface area (Å²) in [4.78, 5) is 0. The molecular formula is C24H42O5. The largest absolute Gasteiger partial charge is 0.384 e. The van der Waals surface area contributed by atoms with Crippen molar-refractivity contribution in [3.05, 3.63) is 12.2 Å². The molecule has 7 unspecified atom stereocenters. The number of aliphatic hydroxyl groups excluding tert-OH is 1. The van der Waals surface area contributed by atoms with Crippen molar-refractivity contribution >= 4 is 0 Å². The molecule has 0 amide bonds. The van der Waals surface area contributed by atoms with E-state index in [0.29, 0.717) is 17.8 Å². The third kappa shape index (κ3) is 6.04. The molecule has 5 nitrogen and oxygen atoms in total. The van der Waals surface area contributed by atoms with Crippen molar-refractivity contribution < 1.29 is 24.1 Å². The van der Waals surface area contributed by atoms with Gasteiger partial charge in [0.1, 0.15) is 0 Å². The molecule has 168 valence electrons. The molecule has 3 aliphatic rings. The van der Waals surface area contributed by atoms with Crippen LogP contribution in [0.5, 0.6) is 0 Å². The number of aliphatic hydroxyl groups is 1. The zero-order valence-electron chi connectivity index (χ0n) is 18.8. The van der Waals surface area contributed by atoms with Gasteiger partial charge in [-0.05, 0) is 55.3 Å². The Bertz CT molecular complexity index is 513. The number of ether oxygens (including phenoxy) is 4. The van der Waals surface area contributed by atoms with Crippen LogP contribution in [0.15, 0.2) is 12.2 Å². The minimum atomic E-state index is -0.618. The third-order valence-electron chi connectivity index (χ3n) is 7.13. The first-order valence-corrected chi connectivity index (χ1v) is 11.7. The van der Waals surface area contributed by atoms with Gasteiger partial charge in [-0.25, -0.2) is 0 Å². The summed E-state index contributed by atoms with van der Waals surface area (Å²) in [7, 11) is 1.77. The lowest BCUT2D eigenvalue weighted by Gasteiger charge is -2.36. The normalized spacial score (nSPS) is 36.6. The van der Waals surface area contributed by atoms with Gasteiger partial charge in [0.05, 0.1) is 12.2 Å². The highest BCUT2D eigenvalue weighted by atomic mass is 16.7. The summed E-state index contributed by atoms with van der Waals surface area (Å²) in [6.07, 6.45) is 12.6. The highest BCUT2D eigenvalue weighted by Crippen LogP contribution is 2.47. The first-order chi connectivity index (χ1) is 13.9. The summed E-state index contributed by atoms with van der Waals surface area (Å²) in [5.74, 6) is 1.16. The van der Waals surface area contributed by atoms with Crippen LogP contribution in [0, 0.1) is 23.2 Å². The van der Waals surface area contributed by atoms with Gasteiger partial charge in [0.25, 0.3) is 0 Å². The average molecular weight is 411 g/mol. The molecule has 0 aromatic carbocycles. The van der Waals surface area contributed by atoms with Gasteiger partial charge in [-0.1, -0.05) is 45.8 Å². The molecule has 1 aliphatic carbocycles. The topological polar surface area (TPSA) is 57.2 Å². The van der Waals surface area contributed by atoms with E-state index >= 15 is 0 Å². The van der Waals surface area contributed by atoms with Crippen LogP contribution in [0.1, 0.15) is 72.1 Å². The number of hydrogen-bond acceptors (Lipinski definition) is 5. The Morgan fingerprint density at radius 3 is 2.76 bits per heavy atom. The fourth-order valence-electron chi connectivity index (χ4n) is 5.35. The number of unbranched alkanes of at least 4 members (excludes halogenated alkanes) is 1. The zero-order valence-corrected chi connectivity index (χ0v) is 18.8. The van der Waals surface area contributed by atoms with Crippen LogP contribution in [0.2, 0.25) is 0 Å². The molecule has 1 N–H and O–H groups in total. The van der Waals surface area contributed by atoms with E-state index < -0.39 is 6.29 Å². The van der Waals surface area contributed by atoms with E-state index in [1.807, 2.05) is 0 Å². The maximum Gasteiger partial charge on any atom is 0.158 e. The van der Waals surface area contributed by atoms with E-state index in [0.717, 1.165) is 45.3 Å².